The quantitative estimate of drug-likeness (QED) is 0.609. The molecular weight excluding hydrogens is 270 g/mol. The first-order valence-electron chi connectivity index (χ1n) is 5.87. The van der Waals surface area contributed by atoms with Crippen LogP contribution in [0, 0.1) is 0 Å². The second-order valence-corrected chi connectivity index (χ2v) is 5.90. The van der Waals surface area contributed by atoms with E-state index in [1.54, 1.807) is 14.0 Å². The zero-order valence-electron chi connectivity index (χ0n) is 11.1. The van der Waals surface area contributed by atoms with Gasteiger partial charge in [0.15, 0.2) is 4.34 Å². The number of carbonyl (C=O) groups is 1. The molecule has 0 aliphatic heterocycles. The number of aromatic nitrogens is 2. The monoisotopic (exact) mass is 289 g/mol. The lowest BCUT2D eigenvalue weighted by Gasteiger charge is -2.25. The highest BCUT2D eigenvalue weighted by atomic mass is 32.2. The fourth-order valence-corrected chi connectivity index (χ4v) is 3.01. The molecule has 1 atom stereocenters. The van der Waals surface area contributed by atoms with Crippen LogP contribution in [0.3, 0.4) is 0 Å². The van der Waals surface area contributed by atoms with Crippen molar-refractivity contribution in [3.05, 3.63) is 5.82 Å². The number of hydrogen-bond donors (Lipinski definition) is 1. The van der Waals surface area contributed by atoms with Gasteiger partial charge in [-0.05, 0) is 32.4 Å². The van der Waals surface area contributed by atoms with Gasteiger partial charge >= 0.3 is 5.97 Å². The summed E-state index contributed by atoms with van der Waals surface area (Å²) in [6.07, 6.45) is 0.832. The molecule has 1 rings (SSSR count). The lowest BCUT2D eigenvalue weighted by Crippen LogP contribution is -2.50. The largest absolute Gasteiger partial charge is 0.465 e. The molecule has 7 heteroatoms. The second kappa shape index (κ2) is 7.06. The third-order valence-electron chi connectivity index (χ3n) is 2.53. The van der Waals surface area contributed by atoms with Crippen LogP contribution in [0.15, 0.2) is 4.34 Å². The molecule has 0 amide bonds. The lowest BCUT2D eigenvalue weighted by molar-refractivity contribution is -0.149. The van der Waals surface area contributed by atoms with Gasteiger partial charge in [0.1, 0.15) is 11.4 Å². The van der Waals surface area contributed by atoms with Crippen molar-refractivity contribution in [1.29, 1.82) is 0 Å². The van der Waals surface area contributed by atoms with Crippen molar-refractivity contribution in [1.82, 2.24) is 14.7 Å². The molecule has 0 spiro atoms. The van der Waals surface area contributed by atoms with E-state index in [4.69, 9.17) is 4.74 Å². The summed E-state index contributed by atoms with van der Waals surface area (Å²) in [7, 11) is 1.76. The van der Waals surface area contributed by atoms with Crippen molar-refractivity contribution in [2.75, 3.05) is 19.4 Å². The number of likely N-dealkylation sites (N-methyl/N-ethyl adjacent to an activating group) is 1. The Hall–Kier alpha value is -0.660. The van der Waals surface area contributed by atoms with Crippen LogP contribution in [0.4, 0.5) is 0 Å². The van der Waals surface area contributed by atoms with E-state index in [-0.39, 0.29) is 5.97 Å². The molecule has 0 radical (unpaired) electrons. The number of esters is 1. The molecule has 1 aromatic heterocycles. The van der Waals surface area contributed by atoms with Gasteiger partial charge in [-0.3, -0.25) is 4.79 Å². The Balaban J connectivity index is 2.60. The Morgan fingerprint density at radius 2 is 2.28 bits per heavy atom. The van der Waals surface area contributed by atoms with E-state index >= 15 is 0 Å². The van der Waals surface area contributed by atoms with Crippen molar-refractivity contribution in [2.45, 2.75) is 37.1 Å². The molecule has 0 bridgehead atoms. The highest BCUT2D eigenvalue weighted by Crippen LogP contribution is 2.25. The maximum Gasteiger partial charge on any atom is 0.326 e. The number of thioether (sulfide) groups is 1. The molecule has 1 aromatic rings. The molecule has 0 saturated heterocycles. The highest BCUT2D eigenvalue weighted by molar-refractivity contribution is 8.01. The molecular formula is C11H19N3O2S2. The van der Waals surface area contributed by atoms with Crippen LogP contribution < -0.4 is 5.32 Å². The van der Waals surface area contributed by atoms with E-state index in [0.717, 1.165) is 16.6 Å². The number of hydrogen-bond acceptors (Lipinski definition) is 7. The first-order valence-corrected chi connectivity index (χ1v) is 7.63. The summed E-state index contributed by atoms with van der Waals surface area (Å²) < 4.78 is 10.2. The minimum Gasteiger partial charge on any atom is -0.465 e. The number of aryl methyl sites for hydroxylation is 1. The van der Waals surface area contributed by atoms with Crippen molar-refractivity contribution < 1.29 is 9.53 Å². The second-order valence-electron chi connectivity index (χ2n) is 3.92. The third kappa shape index (κ3) is 3.93. The van der Waals surface area contributed by atoms with Gasteiger partial charge in [0, 0.05) is 12.2 Å². The summed E-state index contributed by atoms with van der Waals surface area (Å²) in [6.45, 7) is 6.05. The summed E-state index contributed by atoms with van der Waals surface area (Å²) in [5.74, 6) is 1.19. The number of rotatable bonds is 7. The average Bonchev–Trinajstić information content (AvgIpc) is 2.84. The van der Waals surface area contributed by atoms with Gasteiger partial charge in [0.25, 0.3) is 0 Å². The summed E-state index contributed by atoms with van der Waals surface area (Å²) in [4.78, 5) is 16.2. The number of carbonyl (C=O) groups excluding carboxylic acids is 1. The van der Waals surface area contributed by atoms with Gasteiger partial charge in [0.05, 0.1) is 6.61 Å². The van der Waals surface area contributed by atoms with E-state index in [0.29, 0.717) is 12.4 Å². The number of ether oxygens (including phenoxy) is 1. The van der Waals surface area contributed by atoms with Crippen LogP contribution in [-0.2, 0) is 16.0 Å². The maximum absolute atomic E-state index is 11.8. The molecule has 0 saturated carbocycles. The molecule has 0 aliphatic rings. The molecule has 1 N–H and O–H groups in total. The average molecular weight is 289 g/mol. The van der Waals surface area contributed by atoms with Gasteiger partial charge in [-0.15, -0.1) is 0 Å². The van der Waals surface area contributed by atoms with Crippen LogP contribution in [0.1, 0.15) is 26.6 Å². The molecule has 0 fully saturated rings. The Kier molecular flexibility index (Phi) is 6.04. The van der Waals surface area contributed by atoms with Gasteiger partial charge in [-0.1, -0.05) is 18.7 Å². The predicted molar refractivity (Wildman–Crippen MR) is 74.1 cm³/mol. The fourth-order valence-electron chi connectivity index (χ4n) is 1.17. The molecule has 1 unspecified atom stereocenters. The first-order chi connectivity index (χ1) is 8.55. The zero-order valence-corrected chi connectivity index (χ0v) is 12.8. The topological polar surface area (TPSA) is 64.1 Å². The third-order valence-corrected chi connectivity index (χ3v) is 4.71. The Morgan fingerprint density at radius 1 is 1.56 bits per heavy atom. The van der Waals surface area contributed by atoms with Crippen molar-refractivity contribution >= 4 is 29.3 Å². The minimum atomic E-state index is -0.696. The minimum absolute atomic E-state index is 0.236. The molecule has 1 heterocycles. The SMILES string of the molecule is CCOC(=O)C(C)(CSc1nc(CC)ns1)NC. The number of nitrogens with one attached hydrogen (secondary N) is 1. The van der Waals surface area contributed by atoms with Crippen LogP contribution in [0.25, 0.3) is 0 Å². The van der Waals surface area contributed by atoms with Crippen LogP contribution in [0.5, 0.6) is 0 Å². The fraction of sp³-hybridized carbons (Fsp3) is 0.727. The smallest absolute Gasteiger partial charge is 0.326 e. The van der Waals surface area contributed by atoms with E-state index in [2.05, 4.69) is 14.7 Å². The van der Waals surface area contributed by atoms with Crippen LogP contribution >= 0.6 is 23.3 Å². The highest BCUT2D eigenvalue weighted by Gasteiger charge is 2.33. The summed E-state index contributed by atoms with van der Waals surface area (Å²) in [5.41, 5.74) is -0.696. The first kappa shape index (κ1) is 15.4. The molecule has 0 aromatic carbocycles. The maximum atomic E-state index is 11.8. The van der Waals surface area contributed by atoms with Crippen LogP contribution in [0.2, 0.25) is 0 Å². The van der Waals surface area contributed by atoms with Crippen molar-refractivity contribution in [2.24, 2.45) is 0 Å². The van der Waals surface area contributed by atoms with E-state index in [1.165, 1.54) is 23.3 Å². The van der Waals surface area contributed by atoms with E-state index < -0.39 is 5.54 Å². The molecule has 5 nitrogen and oxygen atoms in total. The Bertz CT molecular complexity index is 397. The van der Waals surface area contributed by atoms with Gasteiger partial charge < -0.3 is 10.1 Å². The zero-order chi connectivity index (χ0) is 13.6. The lowest BCUT2D eigenvalue weighted by atomic mass is 10.1. The predicted octanol–water partition coefficient (Wildman–Crippen LogP) is 1.73. The summed E-state index contributed by atoms with van der Waals surface area (Å²) >= 11 is 2.90. The Labute approximate surface area is 116 Å². The molecule has 18 heavy (non-hydrogen) atoms. The van der Waals surface area contributed by atoms with Crippen molar-refractivity contribution in [3.63, 3.8) is 0 Å². The molecule has 102 valence electrons. The van der Waals surface area contributed by atoms with Gasteiger partial charge in [0.2, 0.25) is 0 Å². The normalized spacial score (nSPS) is 14.2. The standard InChI is InChI=1S/C11H19N3O2S2/c1-5-8-13-10(18-14-8)17-7-11(3,12-4)9(15)16-6-2/h12H,5-7H2,1-4H3. The van der Waals surface area contributed by atoms with E-state index in [1.807, 2.05) is 13.8 Å². The van der Waals surface area contributed by atoms with Gasteiger partial charge in [-0.2, -0.15) is 4.37 Å². The number of nitrogens with zero attached hydrogens (tertiary/aromatic N) is 2. The van der Waals surface area contributed by atoms with Gasteiger partial charge in [-0.25, -0.2) is 4.98 Å². The van der Waals surface area contributed by atoms with E-state index in [9.17, 15) is 4.79 Å². The summed E-state index contributed by atoms with van der Waals surface area (Å²) in [6, 6.07) is 0. The summed E-state index contributed by atoms with van der Waals surface area (Å²) in [5, 5.41) is 3.02. The Morgan fingerprint density at radius 3 is 2.78 bits per heavy atom. The van der Waals surface area contributed by atoms with Crippen molar-refractivity contribution in [3.8, 4) is 0 Å². The molecule has 0 aliphatic carbocycles. The van der Waals surface area contributed by atoms with Crippen LogP contribution in [-0.4, -0.2) is 40.3 Å².